The van der Waals surface area contributed by atoms with Crippen molar-refractivity contribution in [2.24, 2.45) is 0 Å². The van der Waals surface area contributed by atoms with Crippen molar-refractivity contribution in [1.29, 1.82) is 0 Å². The number of likely N-dealkylation sites (N-methyl/N-ethyl adjacent to an activating group) is 1. The van der Waals surface area contributed by atoms with Crippen molar-refractivity contribution in [2.45, 2.75) is 32.8 Å². The number of hydrogen-bond donors (Lipinski definition) is 2. The van der Waals surface area contributed by atoms with Crippen LogP contribution in [0.4, 0.5) is 11.4 Å². The molecule has 1 unspecified atom stereocenters. The molecule has 1 atom stereocenters. The van der Waals surface area contributed by atoms with E-state index >= 15 is 0 Å². The Morgan fingerprint density at radius 1 is 1.14 bits per heavy atom. The monoisotopic (exact) mass is 291 g/mol. The highest BCUT2D eigenvalue weighted by Crippen LogP contribution is 2.21. The molecule has 118 valence electrons. The van der Waals surface area contributed by atoms with E-state index in [-0.39, 0.29) is 6.10 Å². The van der Waals surface area contributed by atoms with E-state index in [4.69, 9.17) is 0 Å². The molecule has 4 nitrogen and oxygen atoms in total. The minimum Gasteiger partial charge on any atom is -0.390 e. The zero-order valence-electron chi connectivity index (χ0n) is 13.4. The molecule has 1 aromatic rings. The first kappa shape index (κ1) is 16.1. The summed E-state index contributed by atoms with van der Waals surface area (Å²) in [6.45, 7) is 9.90. The lowest BCUT2D eigenvalue weighted by molar-refractivity contribution is 0.128. The first-order valence-corrected chi connectivity index (χ1v) is 8.22. The van der Waals surface area contributed by atoms with E-state index in [9.17, 15) is 5.11 Å². The molecule has 0 bridgehead atoms. The molecule has 0 aromatic heterocycles. The molecule has 1 heterocycles. The third-order valence-electron chi connectivity index (χ3n) is 4.24. The summed E-state index contributed by atoms with van der Waals surface area (Å²) in [5.74, 6) is 0. The van der Waals surface area contributed by atoms with Gasteiger partial charge < -0.3 is 20.2 Å². The fraction of sp³-hybridized carbons (Fsp3) is 0.647. The summed E-state index contributed by atoms with van der Waals surface area (Å²) in [6, 6.07) is 8.56. The van der Waals surface area contributed by atoms with Crippen molar-refractivity contribution < 1.29 is 5.11 Å². The highest BCUT2D eigenvalue weighted by Gasteiger charge is 2.12. The first-order chi connectivity index (χ1) is 10.2. The van der Waals surface area contributed by atoms with Gasteiger partial charge in [-0.15, -0.1) is 0 Å². The van der Waals surface area contributed by atoms with Crippen molar-refractivity contribution in [2.75, 3.05) is 49.5 Å². The topological polar surface area (TPSA) is 38.7 Å². The van der Waals surface area contributed by atoms with E-state index in [1.165, 1.54) is 31.6 Å². The zero-order valence-corrected chi connectivity index (χ0v) is 13.4. The minimum atomic E-state index is -0.330. The van der Waals surface area contributed by atoms with Crippen LogP contribution in [-0.2, 0) is 0 Å². The lowest BCUT2D eigenvalue weighted by Crippen LogP contribution is -2.35. The Labute approximate surface area is 128 Å². The van der Waals surface area contributed by atoms with Crippen molar-refractivity contribution >= 4 is 11.4 Å². The van der Waals surface area contributed by atoms with Gasteiger partial charge in [-0.2, -0.15) is 0 Å². The highest BCUT2D eigenvalue weighted by atomic mass is 16.3. The van der Waals surface area contributed by atoms with Gasteiger partial charge in [-0.05, 0) is 50.2 Å². The molecule has 2 rings (SSSR count). The van der Waals surface area contributed by atoms with E-state index in [0.717, 1.165) is 25.3 Å². The summed E-state index contributed by atoms with van der Waals surface area (Å²) in [5.41, 5.74) is 2.39. The predicted molar refractivity (Wildman–Crippen MR) is 90.2 cm³/mol. The predicted octanol–water partition coefficient (Wildman–Crippen LogP) is 2.40. The SMILES string of the molecule is CCN(CC)CC(O)CNc1ccc(N2CCCC2)cc1. The normalized spacial score (nSPS) is 16.5. The standard InChI is InChI=1S/C17H29N3O/c1-3-19(4-2)14-17(21)13-18-15-7-9-16(10-8-15)20-11-5-6-12-20/h7-10,17-18,21H,3-6,11-14H2,1-2H3. The lowest BCUT2D eigenvalue weighted by Gasteiger charge is -2.22. The summed E-state index contributed by atoms with van der Waals surface area (Å²) in [4.78, 5) is 4.67. The first-order valence-electron chi connectivity index (χ1n) is 8.22. The average molecular weight is 291 g/mol. The Morgan fingerprint density at radius 3 is 2.33 bits per heavy atom. The molecule has 21 heavy (non-hydrogen) atoms. The molecule has 1 aliphatic rings. The van der Waals surface area contributed by atoms with Crippen LogP contribution < -0.4 is 10.2 Å². The Morgan fingerprint density at radius 2 is 1.76 bits per heavy atom. The number of aliphatic hydroxyl groups excluding tert-OH is 1. The highest BCUT2D eigenvalue weighted by molar-refractivity contribution is 5.55. The molecule has 1 aromatic carbocycles. The van der Waals surface area contributed by atoms with Gasteiger partial charge in [0.2, 0.25) is 0 Å². The maximum atomic E-state index is 10.1. The fourth-order valence-corrected chi connectivity index (χ4v) is 2.85. The van der Waals surface area contributed by atoms with Gasteiger partial charge in [-0.25, -0.2) is 0 Å². The molecule has 1 saturated heterocycles. The molecule has 0 saturated carbocycles. The molecule has 1 fully saturated rings. The number of rotatable bonds is 8. The Kier molecular flexibility index (Phi) is 6.33. The summed E-state index contributed by atoms with van der Waals surface area (Å²) in [6.07, 6.45) is 2.28. The Bertz CT molecular complexity index is 397. The molecule has 0 radical (unpaired) electrons. The quantitative estimate of drug-likeness (QED) is 0.771. The van der Waals surface area contributed by atoms with Gasteiger partial charge in [0.15, 0.2) is 0 Å². The molecule has 2 N–H and O–H groups in total. The van der Waals surface area contributed by atoms with E-state index in [1.54, 1.807) is 0 Å². The van der Waals surface area contributed by atoms with Gasteiger partial charge >= 0.3 is 0 Å². The van der Waals surface area contributed by atoms with E-state index in [2.05, 4.69) is 53.2 Å². The second-order valence-electron chi connectivity index (χ2n) is 5.76. The van der Waals surface area contributed by atoms with Crippen LogP contribution in [0.25, 0.3) is 0 Å². The number of hydrogen-bond acceptors (Lipinski definition) is 4. The van der Waals surface area contributed by atoms with Crippen LogP contribution in [-0.4, -0.2) is 55.4 Å². The van der Waals surface area contributed by atoms with Crippen molar-refractivity contribution in [1.82, 2.24) is 4.90 Å². The maximum Gasteiger partial charge on any atom is 0.0839 e. The molecule has 0 spiro atoms. The van der Waals surface area contributed by atoms with E-state index in [1.807, 2.05) is 0 Å². The van der Waals surface area contributed by atoms with Gasteiger partial charge in [-0.3, -0.25) is 0 Å². The number of aliphatic hydroxyl groups is 1. The number of nitrogens with one attached hydrogen (secondary N) is 1. The molecule has 1 aliphatic heterocycles. The van der Waals surface area contributed by atoms with Crippen molar-refractivity contribution in [3.63, 3.8) is 0 Å². The van der Waals surface area contributed by atoms with Crippen LogP contribution in [0.5, 0.6) is 0 Å². The van der Waals surface area contributed by atoms with Crippen LogP contribution >= 0.6 is 0 Å². The van der Waals surface area contributed by atoms with E-state index < -0.39 is 0 Å². The van der Waals surface area contributed by atoms with Gasteiger partial charge in [0.1, 0.15) is 0 Å². The molecule has 0 aliphatic carbocycles. The van der Waals surface area contributed by atoms with Crippen LogP contribution in [0.15, 0.2) is 24.3 Å². The van der Waals surface area contributed by atoms with Crippen LogP contribution in [0, 0.1) is 0 Å². The van der Waals surface area contributed by atoms with Gasteiger partial charge in [0, 0.05) is 37.6 Å². The molecule has 0 amide bonds. The summed E-state index contributed by atoms with van der Waals surface area (Å²) >= 11 is 0. The van der Waals surface area contributed by atoms with Gasteiger partial charge in [0.25, 0.3) is 0 Å². The summed E-state index contributed by atoms with van der Waals surface area (Å²) < 4.78 is 0. The third kappa shape index (κ3) is 4.90. The number of benzene rings is 1. The maximum absolute atomic E-state index is 10.1. The van der Waals surface area contributed by atoms with Crippen LogP contribution in [0.2, 0.25) is 0 Å². The second kappa shape index (κ2) is 8.25. The zero-order chi connectivity index (χ0) is 15.1. The van der Waals surface area contributed by atoms with Crippen LogP contribution in [0.1, 0.15) is 26.7 Å². The minimum absolute atomic E-state index is 0.330. The summed E-state index contributed by atoms with van der Waals surface area (Å²) in [7, 11) is 0. The third-order valence-corrected chi connectivity index (χ3v) is 4.24. The largest absolute Gasteiger partial charge is 0.390 e. The van der Waals surface area contributed by atoms with Crippen LogP contribution in [0.3, 0.4) is 0 Å². The van der Waals surface area contributed by atoms with Crippen molar-refractivity contribution in [3.8, 4) is 0 Å². The van der Waals surface area contributed by atoms with Gasteiger partial charge in [-0.1, -0.05) is 13.8 Å². The average Bonchev–Trinajstić information content (AvgIpc) is 3.05. The Balaban J connectivity index is 1.77. The molecular weight excluding hydrogens is 262 g/mol. The summed E-state index contributed by atoms with van der Waals surface area (Å²) in [5, 5.41) is 13.4. The molecular formula is C17H29N3O. The van der Waals surface area contributed by atoms with Crippen molar-refractivity contribution in [3.05, 3.63) is 24.3 Å². The molecule has 4 heteroatoms. The number of anilines is 2. The van der Waals surface area contributed by atoms with Gasteiger partial charge in [0.05, 0.1) is 6.10 Å². The smallest absolute Gasteiger partial charge is 0.0839 e. The Hall–Kier alpha value is -1.26. The lowest BCUT2D eigenvalue weighted by atomic mass is 10.2. The fourth-order valence-electron chi connectivity index (χ4n) is 2.85. The number of nitrogens with zero attached hydrogens (tertiary/aromatic N) is 2. The van der Waals surface area contributed by atoms with E-state index in [0.29, 0.717) is 6.54 Å². The second-order valence-corrected chi connectivity index (χ2v) is 5.76.